The molecule has 2 aromatic carbocycles. The largest absolute Gasteiger partial charge is 0.253 e. The van der Waals surface area contributed by atoms with Crippen molar-refractivity contribution in [2.24, 2.45) is 0 Å². The van der Waals surface area contributed by atoms with Crippen molar-refractivity contribution in [1.29, 1.82) is 0 Å². The van der Waals surface area contributed by atoms with Crippen molar-refractivity contribution >= 4 is 22.1 Å². The maximum Gasteiger partial charge on any atom is 0.0890 e. The summed E-state index contributed by atoms with van der Waals surface area (Å²) in [5.41, 5.74) is 5.69. The van der Waals surface area contributed by atoms with Crippen LogP contribution in [0.1, 0.15) is 11.4 Å². The fourth-order valence-corrected chi connectivity index (χ4v) is 2.49. The van der Waals surface area contributed by atoms with E-state index in [0.29, 0.717) is 0 Å². The summed E-state index contributed by atoms with van der Waals surface area (Å²) in [4.78, 5) is 18.2. The molecule has 106 valence electrons. The number of nitrogens with zero attached hydrogens (tertiary/aromatic N) is 4. The second kappa shape index (κ2) is 5.48. The van der Waals surface area contributed by atoms with Crippen LogP contribution in [0.4, 0.5) is 0 Å². The van der Waals surface area contributed by atoms with Gasteiger partial charge in [0, 0.05) is 12.4 Å². The van der Waals surface area contributed by atoms with Gasteiger partial charge in [0.2, 0.25) is 0 Å². The minimum Gasteiger partial charge on any atom is -0.253 e. The Labute approximate surface area is 127 Å². The molecule has 0 atom stereocenters. The lowest BCUT2D eigenvalue weighted by Crippen LogP contribution is -1.99. The Morgan fingerprint density at radius 3 is 1.41 bits per heavy atom. The van der Waals surface area contributed by atoms with Crippen LogP contribution in [0.15, 0.2) is 60.9 Å². The van der Waals surface area contributed by atoms with Crippen molar-refractivity contribution in [2.75, 3.05) is 0 Å². The lowest BCUT2D eigenvalue weighted by atomic mass is 10.2. The Kier molecular flexibility index (Phi) is 3.20. The van der Waals surface area contributed by atoms with E-state index in [4.69, 9.17) is 0 Å². The van der Waals surface area contributed by atoms with E-state index in [1.165, 1.54) is 0 Å². The normalized spacial score (nSPS) is 11.1. The molecule has 0 amide bonds. The summed E-state index contributed by atoms with van der Waals surface area (Å²) in [6.07, 6.45) is 5.31. The quantitative estimate of drug-likeness (QED) is 0.579. The smallest absolute Gasteiger partial charge is 0.0890 e. The number of aryl methyl sites for hydroxylation is 2. The summed E-state index contributed by atoms with van der Waals surface area (Å²) < 4.78 is 0. The molecule has 0 aliphatic heterocycles. The van der Waals surface area contributed by atoms with Gasteiger partial charge in [-0.2, -0.15) is 0 Å². The van der Waals surface area contributed by atoms with E-state index in [1.54, 1.807) is 0 Å². The molecule has 0 fully saturated rings. The third-order valence-electron chi connectivity index (χ3n) is 3.63. The highest BCUT2D eigenvalue weighted by Crippen LogP contribution is 2.12. The van der Waals surface area contributed by atoms with Gasteiger partial charge in [0.15, 0.2) is 0 Å². The lowest BCUT2D eigenvalue weighted by molar-refractivity contribution is 0.878. The highest BCUT2D eigenvalue weighted by atomic mass is 14.8. The fraction of sp³-hybridized carbons (Fsp3) is 0.111. The molecule has 0 radical (unpaired) electrons. The van der Waals surface area contributed by atoms with Gasteiger partial charge in [-0.3, -0.25) is 9.97 Å². The van der Waals surface area contributed by atoms with Crippen LogP contribution in [0, 0.1) is 0 Å². The topological polar surface area (TPSA) is 51.6 Å². The third kappa shape index (κ3) is 2.51. The van der Waals surface area contributed by atoms with E-state index in [9.17, 15) is 0 Å². The molecule has 2 heterocycles. The molecule has 0 bridgehead atoms. The van der Waals surface area contributed by atoms with Crippen molar-refractivity contribution in [3.8, 4) is 0 Å². The van der Waals surface area contributed by atoms with Crippen molar-refractivity contribution in [1.82, 2.24) is 19.9 Å². The zero-order chi connectivity index (χ0) is 14.8. The van der Waals surface area contributed by atoms with Crippen LogP contribution in [-0.2, 0) is 12.8 Å². The Morgan fingerprint density at radius 2 is 0.955 bits per heavy atom. The molecule has 4 aromatic rings. The predicted molar refractivity (Wildman–Crippen MR) is 86.5 cm³/mol. The number of hydrogen-bond acceptors (Lipinski definition) is 4. The van der Waals surface area contributed by atoms with Crippen LogP contribution in [0.25, 0.3) is 22.1 Å². The second-order valence-electron chi connectivity index (χ2n) is 5.20. The first-order valence-electron chi connectivity index (χ1n) is 7.30. The molecule has 0 N–H and O–H groups in total. The maximum atomic E-state index is 4.64. The van der Waals surface area contributed by atoms with E-state index >= 15 is 0 Å². The van der Waals surface area contributed by atoms with Crippen molar-refractivity contribution in [3.05, 3.63) is 72.3 Å². The van der Waals surface area contributed by atoms with Crippen molar-refractivity contribution < 1.29 is 0 Å². The Bertz CT molecular complexity index is 870. The molecular formula is C18H14N4. The molecule has 4 rings (SSSR count). The number of para-hydroxylation sites is 4. The average Bonchev–Trinajstić information content (AvgIpc) is 2.59. The highest BCUT2D eigenvalue weighted by Gasteiger charge is 2.03. The van der Waals surface area contributed by atoms with Crippen LogP contribution in [-0.4, -0.2) is 19.9 Å². The van der Waals surface area contributed by atoms with Gasteiger partial charge in [-0.1, -0.05) is 24.3 Å². The van der Waals surface area contributed by atoms with Crippen LogP contribution in [0.5, 0.6) is 0 Å². The summed E-state index contributed by atoms with van der Waals surface area (Å²) in [5, 5.41) is 0. The molecule has 0 saturated heterocycles. The molecule has 4 heteroatoms. The van der Waals surface area contributed by atoms with Crippen molar-refractivity contribution in [3.63, 3.8) is 0 Å². The maximum absolute atomic E-state index is 4.64. The zero-order valence-corrected chi connectivity index (χ0v) is 12.0. The summed E-state index contributed by atoms with van der Waals surface area (Å²) in [7, 11) is 0. The Morgan fingerprint density at radius 1 is 0.545 bits per heavy atom. The van der Waals surface area contributed by atoms with E-state index < -0.39 is 0 Å². The summed E-state index contributed by atoms with van der Waals surface area (Å²) >= 11 is 0. The summed E-state index contributed by atoms with van der Waals surface area (Å²) in [5.74, 6) is 0. The first kappa shape index (κ1) is 12.8. The average molecular weight is 286 g/mol. The molecule has 0 spiro atoms. The van der Waals surface area contributed by atoms with Gasteiger partial charge in [-0.05, 0) is 37.1 Å². The van der Waals surface area contributed by atoms with Crippen LogP contribution >= 0.6 is 0 Å². The van der Waals surface area contributed by atoms with Crippen LogP contribution in [0.2, 0.25) is 0 Å². The molecule has 2 aromatic heterocycles. The minimum absolute atomic E-state index is 0.810. The third-order valence-corrected chi connectivity index (χ3v) is 3.63. The number of benzene rings is 2. The molecule has 0 aliphatic rings. The van der Waals surface area contributed by atoms with Gasteiger partial charge < -0.3 is 0 Å². The molecular weight excluding hydrogens is 272 g/mol. The SMILES string of the molecule is c1ccc2nc(CCc3cnc4ccccc4n3)cnc2c1. The van der Waals surface area contributed by atoms with Crippen LogP contribution in [0.3, 0.4) is 0 Å². The summed E-state index contributed by atoms with van der Waals surface area (Å²) in [6.45, 7) is 0. The van der Waals surface area contributed by atoms with Crippen LogP contribution < -0.4 is 0 Å². The van der Waals surface area contributed by atoms with Gasteiger partial charge in [0.25, 0.3) is 0 Å². The summed E-state index contributed by atoms with van der Waals surface area (Å²) in [6, 6.07) is 15.8. The minimum atomic E-state index is 0.810. The first-order valence-corrected chi connectivity index (χ1v) is 7.30. The van der Waals surface area contributed by atoms with E-state index in [-0.39, 0.29) is 0 Å². The van der Waals surface area contributed by atoms with Gasteiger partial charge in [0.1, 0.15) is 0 Å². The molecule has 4 nitrogen and oxygen atoms in total. The Hall–Kier alpha value is -2.88. The molecule has 0 aliphatic carbocycles. The lowest BCUT2D eigenvalue weighted by Gasteiger charge is -2.03. The molecule has 22 heavy (non-hydrogen) atoms. The number of rotatable bonds is 3. The Balaban J connectivity index is 1.57. The monoisotopic (exact) mass is 286 g/mol. The van der Waals surface area contributed by atoms with E-state index in [1.807, 2.05) is 60.9 Å². The van der Waals surface area contributed by atoms with Gasteiger partial charge in [-0.25, -0.2) is 9.97 Å². The highest BCUT2D eigenvalue weighted by molar-refractivity contribution is 5.74. The fourth-order valence-electron chi connectivity index (χ4n) is 2.49. The number of fused-ring (bicyclic) bond motifs is 2. The van der Waals surface area contributed by atoms with E-state index in [0.717, 1.165) is 46.3 Å². The molecule has 0 saturated carbocycles. The zero-order valence-electron chi connectivity index (χ0n) is 12.0. The van der Waals surface area contributed by atoms with Crippen molar-refractivity contribution in [2.45, 2.75) is 12.8 Å². The van der Waals surface area contributed by atoms with Gasteiger partial charge >= 0.3 is 0 Å². The van der Waals surface area contributed by atoms with Gasteiger partial charge in [0.05, 0.1) is 33.5 Å². The number of aromatic nitrogens is 4. The second-order valence-corrected chi connectivity index (χ2v) is 5.20. The standard InChI is InChI=1S/C18H14N4/c1-3-7-17-15(5-1)19-11-13(21-17)9-10-14-12-20-16-6-2-4-8-18(16)22-14/h1-8,11-12H,9-10H2. The predicted octanol–water partition coefficient (Wildman–Crippen LogP) is 3.36. The van der Waals surface area contributed by atoms with E-state index in [2.05, 4.69) is 19.9 Å². The molecule has 0 unspecified atom stereocenters. The van der Waals surface area contributed by atoms with Gasteiger partial charge in [-0.15, -0.1) is 0 Å². The number of hydrogen-bond donors (Lipinski definition) is 0. The first-order chi connectivity index (χ1) is 10.9.